The maximum absolute atomic E-state index is 12.5. The molecular formula is C15H23NO4S. The Bertz CT molecular complexity index is 585. The zero-order valence-corrected chi connectivity index (χ0v) is 14.0. The van der Waals surface area contributed by atoms with Crippen molar-refractivity contribution in [3.05, 3.63) is 29.8 Å². The summed E-state index contributed by atoms with van der Waals surface area (Å²) in [6.45, 7) is 7.79. The molecule has 1 rings (SSSR count). The van der Waals surface area contributed by atoms with Crippen LogP contribution in [0, 0.1) is 0 Å². The Morgan fingerprint density at radius 3 is 2.10 bits per heavy atom. The van der Waals surface area contributed by atoms with Gasteiger partial charge in [-0.2, -0.15) is 4.31 Å². The number of rotatable bonds is 5. The van der Waals surface area contributed by atoms with Crippen molar-refractivity contribution in [2.24, 2.45) is 0 Å². The lowest BCUT2D eigenvalue weighted by atomic mass is 9.87. The van der Waals surface area contributed by atoms with Crippen LogP contribution in [0.2, 0.25) is 0 Å². The maximum Gasteiger partial charge on any atom is 0.321 e. The quantitative estimate of drug-likeness (QED) is 0.782. The number of benzene rings is 1. The van der Waals surface area contributed by atoms with E-state index in [2.05, 4.69) is 25.5 Å². The van der Waals surface area contributed by atoms with Crippen molar-refractivity contribution in [1.29, 1.82) is 0 Å². The highest BCUT2D eigenvalue weighted by atomic mass is 32.2. The van der Waals surface area contributed by atoms with Gasteiger partial charge in [0, 0.05) is 6.54 Å². The predicted octanol–water partition coefficient (Wildman–Crippen LogP) is 2.17. The Hall–Kier alpha value is -1.40. The van der Waals surface area contributed by atoms with Crippen LogP contribution in [0.4, 0.5) is 0 Å². The molecule has 0 aromatic heterocycles. The summed E-state index contributed by atoms with van der Waals surface area (Å²) in [7, 11) is -2.45. The van der Waals surface area contributed by atoms with Crippen molar-refractivity contribution in [2.75, 3.05) is 20.2 Å². The molecule has 0 spiro atoms. The molecule has 0 saturated heterocycles. The number of carbonyl (C=O) groups is 1. The summed E-state index contributed by atoms with van der Waals surface area (Å²) in [6, 6.07) is 6.77. The number of sulfonamides is 1. The van der Waals surface area contributed by atoms with Crippen LogP contribution in [-0.2, 0) is 25.0 Å². The zero-order chi connectivity index (χ0) is 16.3. The summed E-state index contributed by atoms with van der Waals surface area (Å²) >= 11 is 0. The van der Waals surface area contributed by atoms with E-state index >= 15 is 0 Å². The largest absolute Gasteiger partial charge is 0.468 e. The zero-order valence-electron chi connectivity index (χ0n) is 13.2. The van der Waals surface area contributed by atoms with Gasteiger partial charge < -0.3 is 4.74 Å². The smallest absolute Gasteiger partial charge is 0.321 e. The lowest BCUT2D eigenvalue weighted by Gasteiger charge is -2.21. The molecule has 1 aromatic rings. The molecule has 1 aromatic carbocycles. The van der Waals surface area contributed by atoms with E-state index in [1.807, 2.05) is 0 Å². The first kappa shape index (κ1) is 17.7. The standard InChI is InChI=1S/C15H23NO4S/c1-6-16(11-14(17)20-5)21(18,19)13-9-7-12(8-10-13)15(2,3)4/h7-10H,6,11H2,1-5H3. The Balaban J connectivity index is 3.09. The minimum Gasteiger partial charge on any atom is -0.468 e. The Kier molecular flexibility index (Phi) is 5.53. The average molecular weight is 313 g/mol. The van der Waals surface area contributed by atoms with E-state index in [1.165, 1.54) is 7.11 Å². The highest BCUT2D eigenvalue weighted by Gasteiger charge is 2.26. The Morgan fingerprint density at radius 1 is 1.19 bits per heavy atom. The highest BCUT2D eigenvalue weighted by molar-refractivity contribution is 7.89. The lowest BCUT2D eigenvalue weighted by Crippen LogP contribution is -2.36. The van der Waals surface area contributed by atoms with Crippen LogP contribution in [0.1, 0.15) is 33.3 Å². The fourth-order valence-corrected chi connectivity index (χ4v) is 3.24. The van der Waals surface area contributed by atoms with E-state index in [9.17, 15) is 13.2 Å². The molecule has 0 aliphatic heterocycles. The summed E-state index contributed by atoms with van der Waals surface area (Å²) in [5.74, 6) is -0.577. The van der Waals surface area contributed by atoms with Crippen LogP contribution >= 0.6 is 0 Å². The highest BCUT2D eigenvalue weighted by Crippen LogP contribution is 2.24. The third-order valence-electron chi connectivity index (χ3n) is 3.24. The van der Waals surface area contributed by atoms with Crippen LogP contribution in [0.5, 0.6) is 0 Å². The number of nitrogens with zero attached hydrogens (tertiary/aromatic N) is 1. The number of hydrogen-bond acceptors (Lipinski definition) is 4. The van der Waals surface area contributed by atoms with Crippen LogP contribution in [0.3, 0.4) is 0 Å². The van der Waals surface area contributed by atoms with Gasteiger partial charge in [0.1, 0.15) is 6.54 Å². The second-order valence-electron chi connectivity index (χ2n) is 5.78. The van der Waals surface area contributed by atoms with Crippen LogP contribution in [0.25, 0.3) is 0 Å². The number of methoxy groups -OCH3 is 1. The van der Waals surface area contributed by atoms with Gasteiger partial charge in [-0.1, -0.05) is 39.8 Å². The fourth-order valence-electron chi connectivity index (χ4n) is 1.85. The molecule has 0 radical (unpaired) electrons. The fraction of sp³-hybridized carbons (Fsp3) is 0.533. The first-order chi connectivity index (χ1) is 9.62. The molecular weight excluding hydrogens is 290 g/mol. The first-order valence-corrected chi connectivity index (χ1v) is 8.24. The van der Waals surface area contributed by atoms with Crippen molar-refractivity contribution >= 4 is 16.0 Å². The molecule has 0 atom stereocenters. The minimum atomic E-state index is -3.69. The van der Waals surface area contributed by atoms with Crippen LogP contribution in [0.15, 0.2) is 29.2 Å². The number of hydrogen-bond donors (Lipinski definition) is 0. The van der Waals surface area contributed by atoms with E-state index in [0.717, 1.165) is 9.87 Å². The van der Waals surface area contributed by atoms with Gasteiger partial charge in [-0.15, -0.1) is 0 Å². The minimum absolute atomic E-state index is 0.0429. The molecule has 118 valence electrons. The van der Waals surface area contributed by atoms with Gasteiger partial charge in [0.05, 0.1) is 12.0 Å². The molecule has 21 heavy (non-hydrogen) atoms. The van der Waals surface area contributed by atoms with Gasteiger partial charge in [0.25, 0.3) is 0 Å². The number of esters is 1. The van der Waals surface area contributed by atoms with Crippen molar-refractivity contribution in [3.63, 3.8) is 0 Å². The van der Waals surface area contributed by atoms with Crippen molar-refractivity contribution < 1.29 is 17.9 Å². The van der Waals surface area contributed by atoms with Gasteiger partial charge >= 0.3 is 5.97 Å². The van der Waals surface area contributed by atoms with Crippen molar-refractivity contribution in [2.45, 2.75) is 38.0 Å². The van der Waals surface area contributed by atoms with E-state index < -0.39 is 16.0 Å². The number of ether oxygens (including phenoxy) is 1. The molecule has 0 fully saturated rings. The van der Waals surface area contributed by atoms with Crippen LogP contribution < -0.4 is 0 Å². The third-order valence-corrected chi connectivity index (χ3v) is 5.18. The normalized spacial score (nSPS) is 12.5. The third kappa shape index (κ3) is 4.28. The van der Waals surface area contributed by atoms with Gasteiger partial charge in [-0.3, -0.25) is 4.79 Å². The summed E-state index contributed by atoms with van der Waals surface area (Å²) in [4.78, 5) is 11.5. The molecule has 5 nitrogen and oxygen atoms in total. The summed E-state index contributed by atoms with van der Waals surface area (Å²) in [6.07, 6.45) is 0. The molecule has 0 heterocycles. The lowest BCUT2D eigenvalue weighted by molar-refractivity contribution is -0.140. The molecule has 0 amide bonds. The summed E-state index contributed by atoms with van der Waals surface area (Å²) in [5.41, 5.74) is 1.01. The summed E-state index contributed by atoms with van der Waals surface area (Å²) in [5, 5.41) is 0. The topological polar surface area (TPSA) is 63.7 Å². The number of likely N-dealkylation sites (N-methyl/N-ethyl adjacent to an activating group) is 1. The molecule has 6 heteroatoms. The van der Waals surface area contributed by atoms with Gasteiger partial charge in [-0.25, -0.2) is 8.42 Å². The van der Waals surface area contributed by atoms with E-state index in [1.54, 1.807) is 31.2 Å². The van der Waals surface area contributed by atoms with E-state index in [-0.39, 0.29) is 23.4 Å². The van der Waals surface area contributed by atoms with E-state index in [0.29, 0.717) is 0 Å². The molecule has 0 unspecified atom stereocenters. The van der Waals surface area contributed by atoms with Crippen molar-refractivity contribution in [1.82, 2.24) is 4.31 Å². The predicted molar refractivity (Wildman–Crippen MR) is 81.6 cm³/mol. The summed E-state index contributed by atoms with van der Waals surface area (Å²) < 4.78 is 30.6. The Morgan fingerprint density at radius 2 is 1.71 bits per heavy atom. The molecule has 0 aliphatic carbocycles. The Labute approximate surface area is 127 Å². The van der Waals surface area contributed by atoms with Gasteiger partial charge in [0.2, 0.25) is 10.0 Å². The molecule has 0 saturated carbocycles. The van der Waals surface area contributed by atoms with Gasteiger partial charge in [-0.05, 0) is 23.1 Å². The second-order valence-corrected chi connectivity index (χ2v) is 7.72. The van der Waals surface area contributed by atoms with E-state index in [4.69, 9.17) is 0 Å². The van der Waals surface area contributed by atoms with Crippen molar-refractivity contribution in [3.8, 4) is 0 Å². The monoisotopic (exact) mass is 313 g/mol. The SMILES string of the molecule is CCN(CC(=O)OC)S(=O)(=O)c1ccc(C(C)(C)C)cc1. The molecule has 0 N–H and O–H groups in total. The second kappa shape index (κ2) is 6.58. The molecule has 0 aliphatic rings. The molecule has 0 bridgehead atoms. The average Bonchev–Trinajstić information content (AvgIpc) is 2.43. The first-order valence-electron chi connectivity index (χ1n) is 6.80. The number of carbonyl (C=O) groups excluding carboxylic acids is 1. The van der Waals surface area contributed by atoms with Gasteiger partial charge in [0.15, 0.2) is 0 Å². The maximum atomic E-state index is 12.5. The van der Waals surface area contributed by atoms with Crippen LogP contribution in [-0.4, -0.2) is 38.9 Å².